The Hall–Kier alpha value is -2.53. The summed E-state index contributed by atoms with van der Waals surface area (Å²) in [5.74, 6) is 1.57. The third-order valence-corrected chi connectivity index (χ3v) is 4.83. The van der Waals surface area contributed by atoms with Gasteiger partial charge in [-0.3, -0.25) is 4.79 Å². The molecule has 3 rings (SSSR count). The molecular formula is C21H20FNO2S. The number of rotatable bonds is 8. The van der Waals surface area contributed by atoms with Crippen molar-refractivity contribution in [1.29, 1.82) is 0 Å². The quantitative estimate of drug-likeness (QED) is 0.598. The zero-order valence-electron chi connectivity index (χ0n) is 14.3. The molecule has 0 unspecified atom stereocenters. The first-order chi connectivity index (χ1) is 12.7. The summed E-state index contributed by atoms with van der Waals surface area (Å²) in [6.45, 7) is 0.884. The lowest BCUT2D eigenvalue weighted by Crippen LogP contribution is -2.29. The molecule has 0 fully saturated rings. The summed E-state index contributed by atoms with van der Waals surface area (Å²) in [5.41, 5.74) is 1.00. The highest BCUT2D eigenvalue weighted by Gasteiger charge is 2.03. The zero-order valence-corrected chi connectivity index (χ0v) is 15.1. The molecule has 26 heavy (non-hydrogen) atoms. The molecule has 134 valence electrons. The number of fused-ring (bicyclic) bond motifs is 1. The number of nitrogens with one attached hydrogen (secondary N) is 1. The summed E-state index contributed by atoms with van der Waals surface area (Å²) in [7, 11) is 0. The van der Waals surface area contributed by atoms with Gasteiger partial charge in [-0.05, 0) is 40.6 Å². The van der Waals surface area contributed by atoms with Crippen molar-refractivity contribution >= 4 is 28.4 Å². The predicted octanol–water partition coefficient (Wildman–Crippen LogP) is 4.41. The number of hydrogen-bond acceptors (Lipinski definition) is 3. The van der Waals surface area contributed by atoms with E-state index in [1.165, 1.54) is 29.3 Å². The Balaban J connectivity index is 1.33. The maximum Gasteiger partial charge on any atom is 0.230 e. The molecule has 5 heteroatoms. The highest BCUT2D eigenvalue weighted by Crippen LogP contribution is 2.20. The Morgan fingerprint density at radius 1 is 1.00 bits per heavy atom. The van der Waals surface area contributed by atoms with Crippen molar-refractivity contribution < 1.29 is 13.9 Å². The van der Waals surface area contributed by atoms with E-state index in [0.29, 0.717) is 24.7 Å². The number of hydrogen-bond donors (Lipinski definition) is 1. The Labute approximate surface area is 156 Å². The summed E-state index contributed by atoms with van der Waals surface area (Å²) >= 11 is 1.50. The van der Waals surface area contributed by atoms with Crippen LogP contribution in [0.2, 0.25) is 0 Å². The van der Waals surface area contributed by atoms with Gasteiger partial charge < -0.3 is 10.1 Å². The molecule has 1 N–H and O–H groups in total. The lowest BCUT2D eigenvalue weighted by Gasteiger charge is -2.09. The van der Waals surface area contributed by atoms with Gasteiger partial charge in [-0.25, -0.2) is 4.39 Å². The van der Waals surface area contributed by atoms with Crippen molar-refractivity contribution in [1.82, 2.24) is 5.32 Å². The van der Waals surface area contributed by atoms with Crippen LogP contribution in [0.25, 0.3) is 10.8 Å². The van der Waals surface area contributed by atoms with Crippen molar-refractivity contribution in [3.8, 4) is 5.75 Å². The minimum atomic E-state index is -0.247. The van der Waals surface area contributed by atoms with Crippen LogP contribution in [0.15, 0.2) is 66.7 Å². The van der Waals surface area contributed by atoms with Crippen LogP contribution in [0.3, 0.4) is 0 Å². The Morgan fingerprint density at radius 3 is 2.58 bits per heavy atom. The summed E-state index contributed by atoms with van der Waals surface area (Å²) in [6.07, 6.45) is 0. The maximum absolute atomic E-state index is 12.8. The number of ether oxygens (including phenoxy) is 1. The molecule has 3 aromatic rings. The number of carbonyl (C=O) groups excluding carboxylic acids is 1. The normalized spacial score (nSPS) is 10.7. The van der Waals surface area contributed by atoms with Crippen LogP contribution in [-0.4, -0.2) is 24.8 Å². The first-order valence-corrected chi connectivity index (χ1v) is 9.57. The van der Waals surface area contributed by atoms with Crippen LogP contribution in [0.4, 0.5) is 4.39 Å². The average Bonchev–Trinajstić information content (AvgIpc) is 2.67. The topological polar surface area (TPSA) is 38.3 Å². The van der Waals surface area contributed by atoms with Crippen LogP contribution >= 0.6 is 11.8 Å². The van der Waals surface area contributed by atoms with E-state index in [9.17, 15) is 9.18 Å². The van der Waals surface area contributed by atoms with Gasteiger partial charge >= 0.3 is 0 Å². The Morgan fingerprint density at radius 2 is 1.77 bits per heavy atom. The van der Waals surface area contributed by atoms with E-state index in [2.05, 4.69) is 11.4 Å². The molecule has 0 aliphatic heterocycles. The molecule has 0 aromatic heterocycles. The molecule has 0 saturated carbocycles. The summed E-state index contributed by atoms with van der Waals surface area (Å²) in [5, 5.41) is 5.14. The van der Waals surface area contributed by atoms with Crippen molar-refractivity contribution in [3.05, 3.63) is 78.1 Å². The smallest absolute Gasteiger partial charge is 0.230 e. The molecule has 0 radical (unpaired) electrons. The highest BCUT2D eigenvalue weighted by atomic mass is 32.2. The van der Waals surface area contributed by atoms with E-state index in [4.69, 9.17) is 4.74 Å². The first-order valence-electron chi connectivity index (χ1n) is 8.41. The second-order valence-corrected chi connectivity index (χ2v) is 6.81. The van der Waals surface area contributed by atoms with Crippen molar-refractivity contribution in [2.75, 3.05) is 18.9 Å². The summed E-state index contributed by atoms with van der Waals surface area (Å²) < 4.78 is 18.5. The van der Waals surface area contributed by atoms with Gasteiger partial charge in [0, 0.05) is 5.75 Å². The van der Waals surface area contributed by atoms with Gasteiger partial charge in [0.05, 0.1) is 12.3 Å². The van der Waals surface area contributed by atoms with Gasteiger partial charge in [0.15, 0.2) is 0 Å². The fourth-order valence-corrected chi connectivity index (χ4v) is 3.33. The minimum Gasteiger partial charge on any atom is -0.492 e. The van der Waals surface area contributed by atoms with Gasteiger partial charge in [-0.1, -0.05) is 42.5 Å². The number of carbonyl (C=O) groups is 1. The molecule has 0 aliphatic rings. The first kappa shape index (κ1) is 18.3. The zero-order chi connectivity index (χ0) is 18.2. The lowest BCUT2D eigenvalue weighted by molar-refractivity contribution is -0.118. The molecule has 1 amide bonds. The lowest BCUT2D eigenvalue weighted by atomic mass is 10.1. The SMILES string of the molecule is O=C(CSCc1ccc(F)cc1)NCCOc1ccc2ccccc2c1. The predicted molar refractivity (Wildman–Crippen MR) is 105 cm³/mol. The highest BCUT2D eigenvalue weighted by molar-refractivity contribution is 7.99. The third kappa shape index (κ3) is 5.49. The van der Waals surface area contributed by atoms with Crippen LogP contribution < -0.4 is 10.1 Å². The molecule has 0 spiro atoms. The van der Waals surface area contributed by atoms with E-state index in [1.54, 1.807) is 12.1 Å². The van der Waals surface area contributed by atoms with E-state index < -0.39 is 0 Å². The van der Waals surface area contributed by atoms with Gasteiger partial charge in [-0.15, -0.1) is 11.8 Å². The summed E-state index contributed by atoms with van der Waals surface area (Å²) in [6, 6.07) is 20.4. The number of benzene rings is 3. The van der Waals surface area contributed by atoms with Gasteiger partial charge in [0.25, 0.3) is 0 Å². The Kier molecular flexibility index (Phi) is 6.50. The van der Waals surface area contributed by atoms with Gasteiger partial charge in [0.1, 0.15) is 18.2 Å². The molecule has 0 aliphatic carbocycles. The average molecular weight is 369 g/mol. The Bertz CT molecular complexity index is 867. The second-order valence-electron chi connectivity index (χ2n) is 5.83. The standard InChI is InChI=1S/C21H20FNO2S/c22-19-8-5-16(6-9-19)14-26-15-21(24)23-11-12-25-20-10-7-17-3-1-2-4-18(17)13-20/h1-10,13H,11-12,14-15H2,(H,23,24). The molecule has 0 saturated heterocycles. The van der Waals surface area contributed by atoms with E-state index in [-0.39, 0.29) is 11.7 Å². The van der Waals surface area contributed by atoms with Crippen molar-refractivity contribution in [2.45, 2.75) is 5.75 Å². The molecule has 0 heterocycles. The van der Waals surface area contributed by atoms with Crippen LogP contribution in [-0.2, 0) is 10.5 Å². The molecule has 3 nitrogen and oxygen atoms in total. The minimum absolute atomic E-state index is 0.0285. The van der Waals surface area contributed by atoms with Crippen molar-refractivity contribution in [3.63, 3.8) is 0 Å². The largest absolute Gasteiger partial charge is 0.492 e. The monoisotopic (exact) mass is 369 g/mol. The van der Waals surface area contributed by atoms with Crippen LogP contribution in [0.1, 0.15) is 5.56 Å². The van der Waals surface area contributed by atoms with Gasteiger partial charge in [-0.2, -0.15) is 0 Å². The van der Waals surface area contributed by atoms with Crippen LogP contribution in [0, 0.1) is 5.82 Å². The van der Waals surface area contributed by atoms with E-state index in [0.717, 1.165) is 16.7 Å². The molecular weight excluding hydrogens is 349 g/mol. The fourth-order valence-electron chi connectivity index (χ4n) is 2.51. The number of halogens is 1. The molecule has 0 atom stereocenters. The van der Waals surface area contributed by atoms with Crippen molar-refractivity contribution in [2.24, 2.45) is 0 Å². The van der Waals surface area contributed by atoms with E-state index in [1.807, 2.05) is 36.4 Å². The van der Waals surface area contributed by atoms with E-state index >= 15 is 0 Å². The van der Waals surface area contributed by atoms with Crippen LogP contribution in [0.5, 0.6) is 5.75 Å². The second kappa shape index (κ2) is 9.25. The molecule has 0 bridgehead atoms. The summed E-state index contributed by atoms with van der Waals surface area (Å²) in [4.78, 5) is 11.8. The number of thioether (sulfide) groups is 1. The number of amides is 1. The fraction of sp³-hybridized carbons (Fsp3) is 0.190. The maximum atomic E-state index is 12.8. The van der Waals surface area contributed by atoms with Gasteiger partial charge in [0.2, 0.25) is 5.91 Å². The molecule has 3 aromatic carbocycles. The third-order valence-electron chi connectivity index (χ3n) is 3.83.